The minimum Gasteiger partial charge on any atom is -0.390 e. The van der Waals surface area contributed by atoms with Crippen LogP contribution < -0.4 is 5.32 Å². The second-order valence-corrected chi connectivity index (χ2v) is 13.6. The van der Waals surface area contributed by atoms with Crippen LogP contribution in [0.15, 0.2) is 29.8 Å². The van der Waals surface area contributed by atoms with Gasteiger partial charge in [-0.3, -0.25) is 19.7 Å². The maximum Gasteiger partial charge on any atom is 0.423 e. The van der Waals surface area contributed by atoms with Gasteiger partial charge in [-0.1, -0.05) is 33.3 Å². The third-order valence-electron chi connectivity index (χ3n) is 10.9. The van der Waals surface area contributed by atoms with Crippen LogP contribution in [0.5, 0.6) is 0 Å². The lowest BCUT2D eigenvalue weighted by atomic mass is 9.44. The molecule has 3 saturated carbocycles. The molecule has 0 unspecified atom stereocenters. The van der Waals surface area contributed by atoms with Gasteiger partial charge in [0.2, 0.25) is 5.91 Å². The minimum atomic E-state index is -4.86. The van der Waals surface area contributed by atoms with Crippen molar-refractivity contribution in [3.63, 3.8) is 0 Å². The molecule has 4 aliphatic rings. The van der Waals surface area contributed by atoms with Crippen molar-refractivity contribution in [1.29, 1.82) is 0 Å². The zero-order valence-electron chi connectivity index (χ0n) is 25.1. The number of anilines is 1. The van der Waals surface area contributed by atoms with Gasteiger partial charge in [0.25, 0.3) is 5.69 Å². The van der Waals surface area contributed by atoms with Gasteiger partial charge in [-0.05, 0) is 69.6 Å². The van der Waals surface area contributed by atoms with Crippen LogP contribution in [-0.2, 0) is 15.8 Å². The van der Waals surface area contributed by atoms with E-state index in [-0.39, 0.29) is 23.3 Å². The van der Waals surface area contributed by atoms with Gasteiger partial charge >= 0.3 is 6.18 Å². The zero-order chi connectivity index (χ0) is 32.3. The monoisotopic (exact) mass is 612 g/mol. The van der Waals surface area contributed by atoms with E-state index in [2.05, 4.69) is 5.32 Å². The molecule has 0 aromatic heterocycles. The Kier molecular flexibility index (Phi) is 8.41. The lowest BCUT2D eigenvalue weighted by Crippen LogP contribution is -2.68. The number of nitrogens with zero attached hydrogens (tertiary/aromatic N) is 1. The van der Waals surface area contributed by atoms with Gasteiger partial charge in [-0.15, -0.1) is 0 Å². The van der Waals surface area contributed by atoms with Crippen molar-refractivity contribution in [2.45, 2.75) is 103 Å². The Labute approximate surface area is 248 Å². The molecule has 238 valence electrons. The maximum atomic E-state index is 16.6. The molecule has 1 amide bonds. The fourth-order valence-corrected chi connectivity index (χ4v) is 8.08. The molecule has 8 nitrogen and oxygen atoms in total. The summed E-state index contributed by atoms with van der Waals surface area (Å²) in [5.41, 5.74) is -5.40. The minimum absolute atomic E-state index is 0.0865. The molecule has 1 aromatic rings. The molecule has 0 heterocycles. The predicted molar refractivity (Wildman–Crippen MR) is 151 cm³/mol. The van der Waals surface area contributed by atoms with Crippen LogP contribution in [0.4, 0.5) is 28.9 Å². The van der Waals surface area contributed by atoms with Gasteiger partial charge in [0.1, 0.15) is 11.2 Å². The Hall–Kier alpha value is -2.86. The molecule has 3 fully saturated rings. The molecule has 43 heavy (non-hydrogen) atoms. The largest absolute Gasteiger partial charge is 0.423 e. The van der Waals surface area contributed by atoms with Crippen molar-refractivity contribution >= 4 is 23.1 Å². The smallest absolute Gasteiger partial charge is 0.390 e. The number of carbonyl (C=O) groups is 2. The third kappa shape index (κ3) is 5.38. The molecular formula is C31H40F4N2O6. The van der Waals surface area contributed by atoms with E-state index in [1.54, 1.807) is 19.9 Å². The number of nitro benzene ring substituents is 1. The van der Waals surface area contributed by atoms with Crippen molar-refractivity contribution in [2.24, 2.45) is 28.6 Å². The number of carbonyl (C=O) groups excluding carboxylic acids is 2. The highest BCUT2D eigenvalue weighted by atomic mass is 19.4. The predicted octanol–water partition coefficient (Wildman–Crippen LogP) is 6.54. The van der Waals surface area contributed by atoms with Crippen LogP contribution in [-0.4, -0.2) is 44.2 Å². The number of allylic oxidation sites excluding steroid dienone is 1. The van der Waals surface area contributed by atoms with Gasteiger partial charge < -0.3 is 15.5 Å². The lowest BCUT2D eigenvalue weighted by Gasteiger charge is -2.63. The number of hydrogen-bond acceptors (Lipinski definition) is 6. The highest BCUT2D eigenvalue weighted by molar-refractivity contribution is 5.92. The van der Waals surface area contributed by atoms with Gasteiger partial charge in [-0.2, -0.15) is 13.2 Å². The highest BCUT2D eigenvalue weighted by Gasteiger charge is 2.72. The van der Waals surface area contributed by atoms with Gasteiger partial charge in [-0.25, -0.2) is 4.39 Å². The molecular weight excluding hydrogens is 572 g/mol. The number of rotatable bonds is 3. The summed E-state index contributed by atoms with van der Waals surface area (Å²) < 4.78 is 54.6. The highest BCUT2D eigenvalue weighted by Crippen LogP contribution is 2.70. The first kappa shape index (κ1) is 33.0. The molecule has 4 aliphatic carbocycles. The lowest BCUT2D eigenvalue weighted by molar-refractivity contribution is -0.388. The molecule has 1 aromatic carbocycles. The first-order valence-electron chi connectivity index (χ1n) is 14.7. The number of benzene rings is 1. The molecule has 5 rings (SSSR count). The Balaban J connectivity index is 0.000000204. The topological polar surface area (TPSA) is 130 Å². The molecule has 0 aliphatic heterocycles. The van der Waals surface area contributed by atoms with E-state index in [1.807, 2.05) is 20.8 Å². The maximum absolute atomic E-state index is 16.6. The Bertz CT molecular complexity index is 1340. The van der Waals surface area contributed by atoms with Crippen LogP contribution in [0.1, 0.15) is 85.1 Å². The summed E-state index contributed by atoms with van der Waals surface area (Å²) in [5, 5.41) is 34.6. The SMILES string of the molecule is CC(C)C(=O)Nc1ccc([N+](=O)[O-])c(C(F)(F)F)c1.C[C@]1(O)CC[C@H]2[C@@H]3CCC4=CC(=O)CC[C@]4(C)[C@@]3(F)[C@@H](O)C[C@@]21C. The number of fused-ring (bicyclic) bond motifs is 5. The number of hydrogen-bond donors (Lipinski definition) is 3. The Morgan fingerprint density at radius 1 is 1.12 bits per heavy atom. The second-order valence-electron chi connectivity index (χ2n) is 13.6. The number of halogens is 4. The van der Waals surface area contributed by atoms with Gasteiger partial charge in [0.05, 0.1) is 16.6 Å². The molecule has 7 atom stereocenters. The normalized spacial score (nSPS) is 36.9. The van der Waals surface area contributed by atoms with E-state index in [4.69, 9.17) is 0 Å². The fourth-order valence-electron chi connectivity index (χ4n) is 8.08. The molecule has 0 radical (unpaired) electrons. The third-order valence-corrected chi connectivity index (χ3v) is 10.9. The average molecular weight is 613 g/mol. The molecule has 0 bridgehead atoms. The number of amides is 1. The molecule has 12 heteroatoms. The summed E-state index contributed by atoms with van der Waals surface area (Å²) in [6, 6.07) is 2.34. The van der Waals surface area contributed by atoms with Gasteiger partial charge in [0.15, 0.2) is 5.78 Å². The van der Waals surface area contributed by atoms with E-state index >= 15 is 4.39 Å². The number of ketones is 1. The number of alkyl halides is 4. The van der Waals surface area contributed by atoms with E-state index in [9.17, 15) is 43.1 Å². The van der Waals surface area contributed by atoms with Crippen molar-refractivity contribution in [2.75, 3.05) is 5.32 Å². The van der Waals surface area contributed by atoms with Gasteiger partial charge in [0, 0.05) is 40.8 Å². The second kappa shape index (κ2) is 10.9. The average Bonchev–Trinajstić information content (AvgIpc) is 3.13. The first-order valence-corrected chi connectivity index (χ1v) is 14.7. The van der Waals surface area contributed by atoms with E-state index in [0.29, 0.717) is 38.2 Å². The Morgan fingerprint density at radius 3 is 2.35 bits per heavy atom. The number of nitro groups is 1. The quantitative estimate of drug-likeness (QED) is 0.202. The number of aliphatic hydroxyl groups is 2. The Morgan fingerprint density at radius 2 is 1.77 bits per heavy atom. The van der Waals surface area contributed by atoms with Crippen LogP contribution in [0, 0.1) is 38.7 Å². The summed E-state index contributed by atoms with van der Waals surface area (Å²) in [5.74, 6) is -0.942. The van der Waals surface area contributed by atoms with Crippen molar-refractivity contribution in [1.82, 2.24) is 0 Å². The molecule has 0 saturated heterocycles. The summed E-state index contributed by atoms with van der Waals surface area (Å²) in [7, 11) is 0. The van der Waals surface area contributed by atoms with Crippen molar-refractivity contribution in [3.05, 3.63) is 45.5 Å². The van der Waals surface area contributed by atoms with E-state index < -0.39 is 62.4 Å². The summed E-state index contributed by atoms with van der Waals surface area (Å²) >= 11 is 0. The number of nitrogens with one attached hydrogen (secondary N) is 1. The van der Waals surface area contributed by atoms with Crippen LogP contribution in [0.25, 0.3) is 0 Å². The molecule has 3 N–H and O–H groups in total. The summed E-state index contributed by atoms with van der Waals surface area (Å²) in [6.07, 6.45) is -0.256. The van der Waals surface area contributed by atoms with Crippen molar-refractivity contribution in [3.8, 4) is 0 Å². The van der Waals surface area contributed by atoms with Crippen LogP contribution in [0.3, 0.4) is 0 Å². The first-order chi connectivity index (χ1) is 19.7. The summed E-state index contributed by atoms with van der Waals surface area (Å²) in [4.78, 5) is 32.6. The standard InChI is InChI=1S/C20H29FO3.C11H11F3N2O3/c1-17-8-6-13(22)10-12(17)4-5-15-14-7-9-19(3,24)18(14,2)11-16(23)20(15,17)21;1-6(2)10(17)15-7-3-4-9(16(18)19)8(5-7)11(12,13)14/h10,14-16,23-24H,4-9,11H2,1-3H3;3-6H,1-2H3,(H,15,17)/t14-,15-,16-,17-,18-,19-,20-;/m0./s1. The summed E-state index contributed by atoms with van der Waals surface area (Å²) in [6.45, 7) is 8.94. The zero-order valence-corrected chi connectivity index (χ0v) is 25.1. The number of aliphatic hydroxyl groups excluding tert-OH is 1. The van der Waals surface area contributed by atoms with Crippen molar-refractivity contribution < 1.29 is 42.3 Å². The fraction of sp³-hybridized carbons (Fsp3) is 0.677. The van der Waals surface area contributed by atoms with Crippen LogP contribution in [0.2, 0.25) is 0 Å². The van der Waals surface area contributed by atoms with Crippen LogP contribution >= 0.6 is 0 Å². The molecule has 0 spiro atoms. The van der Waals surface area contributed by atoms with E-state index in [1.165, 1.54) is 0 Å². The van der Waals surface area contributed by atoms with E-state index in [0.717, 1.165) is 30.5 Å².